The first kappa shape index (κ1) is 16.5. The van der Waals surface area contributed by atoms with Crippen molar-refractivity contribution in [2.45, 2.75) is 13.8 Å². The Hall–Kier alpha value is -2.90. The van der Waals surface area contributed by atoms with E-state index in [0.717, 1.165) is 0 Å². The van der Waals surface area contributed by atoms with Crippen LogP contribution in [0.4, 0.5) is 17.2 Å². The van der Waals surface area contributed by atoms with E-state index in [-0.39, 0.29) is 11.3 Å². The molecule has 1 heterocycles. The van der Waals surface area contributed by atoms with E-state index in [4.69, 9.17) is 0 Å². The van der Waals surface area contributed by atoms with Crippen LogP contribution in [-0.2, 0) is 7.05 Å². The normalized spacial score (nSPS) is 10.4. The highest BCUT2D eigenvalue weighted by molar-refractivity contribution is 6.08. The molecule has 0 fully saturated rings. The number of carbonyl (C=O) groups is 1. The number of nitro groups is 1. The van der Waals surface area contributed by atoms with Gasteiger partial charge in [0, 0.05) is 44.5 Å². The molecule has 8 heteroatoms. The molecule has 0 aliphatic carbocycles. The summed E-state index contributed by atoms with van der Waals surface area (Å²) >= 11 is 0. The fourth-order valence-electron chi connectivity index (χ4n) is 2.32. The van der Waals surface area contributed by atoms with Gasteiger partial charge in [-0.25, -0.2) is 0 Å². The second-order valence-corrected chi connectivity index (χ2v) is 4.96. The summed E-state index contributed by atoms with van der Waals surface area (Å²) < 4.78 is 1.56. The molecular weight excluding hydrogens is 298 g/mol. The summed E-state index contributed by atoms with van der Waals surface area (Å²) in [4.78, 5) is 25.0. The lowest BCUT2D eigenvalue weighted by atomic mass is 10.1. The summed E-state index contributed by atoms with van der Waals surface area (Å²) in [7, 11) is 1.74. The lowest BCUT2D eigenvalue weighted by molar-refractivity contribution is -0.384. The van der Waals surface area contributed by atoms with Crippen molar-refractivity contribution < 1.29 is 9.72 Å². The van der Waals surface area contributed by atoms with Crippen LogP contribution >= 0.6 is 0 Å². The zero-order valence-corrected chi connectivity index (χ0v) is 13.3. The zero-order chi connectivity index (χ0) is 17.0. The molecule has 1 amide bonds. The van der Waals surface area contributed by atoms with Crippen LogP contribution in [-0.4, -0.2) is 33.7 Å². The van der Waals surface area contributed by atoms with Gasteiger partial charge in [-0.05, 0) is 19.9 Å². The van der Waals surface area contributed by atoms with E-state index in [9.17, 15) is 14.9 Å². The van der Waals surface area contributed by atoms with Crippen LogP contribution in [0.5, 0.6) is 0 Å². The molecule has 0 unspecified atom stereocenters. The number of amides is 1. The largest absolute Gasteiger partial charge is 0.371 e. The van der Waals surface area contributed by atoms with E-state index < -0.39 is 10.8 Å². The average molecular weight is 317 g/mol. The summed E-state index contributed by atoms with van der Waals surface area (Å²) in [5, 5.41) is 17.8. The third-order valence-electron chi connectivity index (χ3n) is 3.49. The summed E-state index contributed by atoms with van der Waals surface area (Å²) in [6.45, 7) is 5.31. The van der Waals surface area contributed by atoms with Gasteiger partial charge in [0.05, 0.1) is 16.2 Å². The molecule has 0 radical (unpaired) electrons. The number of hydrogen-bond acceptors (Lipinski definition) is 5. The van der Waals surface area contributed by atoms with Crippen molar-refractivity contribution in [3.63, 3.8) is 0 Å². The van der Waals surface area contributed by atoms with Gasteiger partial charge in [-0.3, -0.25) is 19.6 Å². The van der Waals surface area contributed by atoms with Crippen LogP contribution in [0.15, 0.2) is 30.5 Å². The third-order valence-corrected chi connectivity index (χ3v) is 3.49. The van der Waals surface area contributed by atoms with Crippen LogP contribution in [0.25, 0.3) is 0 Å². The van der Waals surface area contributed by atoms with Crippen LogP contribution < -0.4 is 10.2 Å². The predicted octanol–water partition coefficient (Wildman–Crippen LogP) is 2.43. The van der Waals surface area contributed by atoms with Crippen LogP contribution in [0.1, 0.15) is 24.2 Å². The van der Waals surface area contributed by atoms with Gasteiger partial charge < -0.3 is 10.2 Å². The van der Waals surface area contributed by atoms with Gasteiger partial charge in [-0.1, -0.05) is 0 Å². The third kappa shape index (κ3) is 3.65. The maximum Gasteiger partial charge on any atom is 0.270 e. The van der Waals surface area contributed by atoms with Gasteiger partial charge in [0.15, 0.2) is 5.82 Å². The van der Waals surface area contributed by atoms with Crippen molar-refractivity contribution in [1.29, 1.82) is 0 Å². The number of aryl methyl sites for hydroxylation is 1. The van der Waals surface area contributed by atoms with E-state index in [0.29, 0.717) is 24.6 Å². The topological polar surface area (TPSA) is 93.3 Å². The number of hydrogen-bond donors (Lipinski definition) is 1. The summed E-state index contributed by atoms with van der Waals surface area (Å²) in [5.41, 5.74) is 0.801. The van der Waals surface area contributed by atoms with Crippen LogP contribution in [0.2, 0.25) is 0 Å². The molecule has 1 N–H and O–H groups in total. The zero-order valence-electron chi connectivity index (χ0n) is 13.3. The van der Waals surface area contributed by atoms with Crippen LogP contribution in [0.3, 0.4) is 0 Å². The predicted molar refractivity (Wildman–Crippen MR) is 87.8 cm³/mol. The SMILES string of the molecule is CCN(CC)c1ccc([N+](=O)[O-])cc1C(=O)Nc1ccn(C)n1. The maximum atomic E-state index is 12.5. The van der Waals surface area contributed by atoms with Gasteiger partial charge in [0.2, 0.25) is 0 Å². The second kappa shape index (κ2) is 6.91. The van der Waals surface area contributed by atoms with Gasteiger partial charge in [0.1, 0.15) is 0 Å². The highest BCUT2D eigenvalue weighted by Gasteiger charge is 2.20. The monoisotopic (exact) mass is 317 g/mol. The number of non-ortho nitro benzene ring substituents is 1. The molecular formula is C15H19N5O3. The minimum absolute atomic E-state index is 0.118. The molecule has 0 spiro atoms. The number of benzene rings is 1. The van der Waals surface area contributed by atoms with Crippen molar-refractivity contribution in [3.8, 4) is 0 Å². The molecule has 0 aliphatic rings. The molecule has 0 saturated carbocycles. The number of anilines is 2. The average Bonchev–Trinajstić information content (AvgIpc) is 2.93. The van der Waals surface area contributed by atoms with E-state index in [1.165, 1.54) is 12.1 Å². The molecule has 0 aliphatic heterocycles. The Morgan fingerprint density at radius 1 is 1.35 bits per heavy atom. The molecule has 1 aromatic heterocycles. The number of aromatic nitrogens is 2. The fraction of sp³-hybridized carbons (Fsp3) is 0.333. The quantitative estimate of drug-likeness (QED) is 0.652. The number of rotatable bonds is 6. The summed E-state index contributed by atoms with van der Waals surface area (Å²) in [5.74, 6) is -0.0243. The molecule has 0 atom stereocenters. The molecule has 2 rings (SSSR count). The Labute approximate surface area is 133 Å². The number of nitro benzene ring substituents is 1. The molecule has 8 nitrogen and oxygen atoms in total. The number of nitrogens with one attached hydrogen (secondary N) is 1. The highest BCUT2D eigenvalue weighted by atomic mass is 16.6. The smallest absolute Gasteiger partial charge is 0.270 e. The molecule has 2 aromatic rings. The lowest BCUT2D eigenvalue weighted by Crippen LogP contribution is -2.25. The highest BCUT2D eigenvalue weighted by Crippen LogP contribution is 2.26. The summed E-state index contributed by atoms with van der Waals surface area (Å²) in [6.07, 6.45) is 1.70. The molecule has 23 heavy (non-hydrogen) atoms. The van der Waals surface area contributed by atoms with Crippen molar-refractivity contribution in [2.75, 3.05) is 23.3 Å². The second-order valence-electron chi connectivity index (χ2n) is 4.96. The standard InChI is InChI=1S/C15H19N5O3/c1-4-19(5-2)13-7-6-11(20(22)23)10-12(13)15(21)16-14-8-9-18(3)17-14/h6-10H,4-5H2,1-3H3,(H,16,17,21). The van der Waals surface area contributed by atoms with Gasteiger partial charge >= 0.3 is 0 Å². The molecule has 0 saturated heterocycles. The van der Waals surface area contributed by atoms with Crippen molar-refractivity contribution >= 4 is 23.1 Å². The van der Waals surface area contributed by atoms with E-state index >= 15 is 0 Å². The minimum atomic E-state index is -0.510. The Balaban J connectivity index is 2.41. The Morgan fingerprint density at radius 3 is 2.57 bits per heavy atom. The first-order chi connectivity index (χ1) is 11.0. The fourth-order valence-corrected chi connectivity index (χ4v) is 2.32. The summed E-state index contributed by atoms with van der Waals surface area (Å²) in [6, 6.07) is 5.97. The Morgan fingerprint density at radius 2 is 2.04 bits per heavy atom. The van der Waals surface area contributed by atoms with E-state index in [1.807, 2.05) is 18.7 Å². The van der Waals surface area contributed by atoms with E-state index in [2.05, 4.69) is 10.4 Å². The molecule has 1 aromatic carbocycles. The van der Waals surface area contributed by atoms with Crippen molar-refractivity contribution in [2.24, 2.45) is 7.05 Å². The Kier molecular flexibility index (Phi) is 4.95. The first-order valence-electron chi connectivity index (χ1n) is 7.30. The number of nitrogens with zero attached hydrogens (tertiary/aromatic N) is 4. The van der Waals surface area contributed by atoms with Gasteiger partial charge in [-0.2, -0.15) is 5.10 Å². The van der Waals surface area contributed by atoms with Crippen molar-refractivity contribution in [3.05, 3.63) is 46.1 Å². The number of carbonyl (C=O) groups excluding carboxylic acids is 1. The minimum Gasteiger partial charge on any atom is -0.371 e. The van der Waals surface area contributed by atoms with Crippen molar-refractivity contribution in [1.82, 2.24) is 9.78 Å². The lowest BCUT2D eigenvalue weighted by Gasteiger charge is -2.23. The molecule has 122 valence electrons. The van der Waals surface area contributed by atoms with Gasteiger partial charge in [0.25, 0.3) is 11.6 Å². The van der Waals surface area contributed by atoms with Crippen LogP contribution in [0, 0.1) is 10.1 Å². The first-order valence-corrected chi connectivity index (χ1v) is 7.30. The Bertz CT molecular complexity index is 722. The van der Waals surface area contributed by atoms with E-state index in [1.54, 1.807) is 30.1 Å². The molecule has 0 bridgehead atoms. The maximum absolute atomic E-state index is 12.5. The van der Waals surface area contributed by atoms with Gasteiger partial charge in [-0.15, -0.1) is 0 Å².